The van der Waals surface area contributed by atoms with Crippen molar-refractivity contribution < 1.29 is 0 Å². The van der Waals surface area contributed by atoms with Crippen LogP contribution >= 0.6 is 0 Å². The highest BCUT2D eigenvalue weighted by Crippen LogP contribution is 1.98. The van der Waals surface area contributed by atoms with Crippen molar-refractivity contribution in [1.29, 1.82) is 0 Å². The summed E-state index contributed by atoms with van der Waals surface area (Å²) in [7, 11) is 0. The maximum Gasteiger partial charge on any atom is 0.0991 e. The fourth-order valence-electron chi connectivity index (χ4n) is 0.865. The molecule has 0 atom stereocenters. The molecule has 2 aromatic rings. The molecule has 0 fully saturated rings. The van der Waals surface area contributed by atoms with E-state index in [0.29, 0.717) is 0 Å². The van der Waals surface area contributed by atoms with Crippen molar-refractivity contribution in [3.05, 3.63) is 36.9 Å². The molecule has 0 saturated carbocycles. The Labute approximate surface area is 66.5 Å². The highest BCUT2D eigenvalue weighted by molar-refractivity contribution is 5.43. The number of hydrogen-bond acceptors (Lipinski definition) is 1. The van der Waals surface area contributed by atoms with Crippen LogP contribution in [0.1, 0.15) is 13.8 Å². The first kappa shape index (κ1) is 7.79. The first-order valence-electron chi connectivity index (χ1n) is 3.83. The molecule has 0 saturated heterocycles. The Hall–Kier alpha value is -1.31. The Morgan fingerprint density at radius 1 is 1.27 bits per heavy atom. The summed E-state index contributed by atoms with van der Waals surface area (Å²) in [6.45, 7) is 4.00. The van der Waals surface area contributed by atoms with E-state index in [2.05, 4.69) is 4.98 Å². The van der Waals surface area contributed by atoms with Gasteiger partial charge >= 0.3 is 0 Å². The monoisotopic (exact) mass is 148 g/mol. The number of fused-ring (bicyclic) bond motifs is 1. The van der Waals surface area contributed by atoms with E-state index < -0.39 is 0 Å². The minimum Gasteiger partial charge on any atom is -0.306 e. The van der Waals surface area contributed by atoms with E-state index in [1.165, 1.54) is 0 Å². The van der Waals surface area contributed by atoms with Crippen molar-refractivity contribution >= 4 is 5.52 Å². The summed E-state index contributed by atoms with van der Waals surface area (Å²) in [5.41, 5.74) is 1.14. The molecule has 2 aromatic heterocycles. The molecule has 0 aliphatic heterocycles. The van der Waals surface area contributed by atoms with Gasteiger partial charge in [-0.15, -0.1) is 0 Å². The second kappa shape index (κ2) is 3.76. The van der Waals surface area contributed by atoms with Gasteiger partial charge in [0, 0.05) is 6.20 Å². The molecule has 0 amide bonds. The molecule has 2 heteroatoms. The van der Waals surface area contributed by atoms with Crippen LogP contribution in [0.2, 0.25) is 0 Å². The van der Waals surface area contributed by atoms with Crippen LogP contribution in [0.3, 0.4) is 0 Å². The van der Waals surface area contributed by atoms with Crippen molar-refractivity contribution in [3.8, 4) is 0 Å². The summed E-state index contributed by atoms with van der Waals surface area (Å²) in [5.74, 6) is 0. The maximum atomic E-state index is 3.96. The van der Waals surface area contributed by atoms with E-state index in [0.717, 1.165) is 5.52 Å². The topological polar surface area (TPSA) is 17.3 Å². The van der Waals surface area contributed by atoms with Crippen LogP contribution in [-0.2, 0) is 0 Å². The van der Waals surface area contributed by atoms with Crippen LogP contribution in [0.15, 0.2) is 36.9 Å². The van der Waals surface area contributed by atoms with Crippen molar-refractivity contribution in [2.45, 2.75) is 13.8 Å². The van der Waals surface area contributed by atoms with Crippen LogP contribution in [0.25, 0.3) is 5.52 Å². The molecule has 11 heavy (non-hydrogen) atoms. The summed E-state index contributed by atoms with van der Waals surface area (Å²) >= 11 is 0. The van der Waals surface area contributed by atoms with Crippen LogP contribution in [0, 0.1) is 0 Å². The van der Waals surface area contributed by atoms with Gasteiger partial charge in [-0.2, -0.15) is 0 Å². The lowest BCUT2D eigenvalue weighted by molar-refractivity contribution is 1.15. The van der Waals surface area contributed by atoms with E-state index in [4.69, 9.17) is 0 Å². The molecule has 0 aliphatic carbocycles. The van der Waals surface area contributed by atoms with Gasteiger partial charge in [-0.25, -0.2) is 4.98 Å². The molecule has 0 spiro atoms. The quantitative estimate of drug-likeness (QED) is 0.560. The number of imidazole rings is 1. The van der Waals surface area contributed by atoms with Crippen LogP contribution in [0.4, 0.5) is 0 Å². The van der Waals surface area contributed by atoms with Gasteiger partial charge in [0.05, 0.1) is 18.0 Å². The number of rotatable bonds is 0. The molecule has 0 bridgehead atoms. The van der Waals surface area contributed by atoms with E-state index in [1.807, 2.05) is 48.8 Å². The number of hydrogen-bond donors (Lipinski definition) is 0. The van der Waals surface area contributed by atoms with Gasteiger partial charge in [0.25, 0.3) is 0 Å². The SMILES string of the molecule is CC.c1ccn2cncc2c1. The molecule has 0 N–H and O–H groups in total. The van der Waals surface area contributed by atoms with Gasteiger partial charge in [-0.05, 0) is 12.1 Å². The minimum atomic E-state index is 1.14. The zero-order valence-corrected chi connectivity index (χ0v) is 6.86. The second-order valence-corrected chi connectivity index (χ2v) is 1.93. The summed E-state index contributed by atoms with van der Waals surface area (Å²) < 4.78 is 1.97. The standard InChI is InChI=1S/C7H6N2.C2H6/c1-2-4-9-6-8-5-7(9)3-1;1-2/h1-6H;1-2H3. The predicted octanol–water partition coefficient (Wildman–Crippen LogP) is 2.36. The minimum absolute atomic E-state index is 1.14. The first-order valence-corrected chi connectivity index (χ1v) is 3.83. The van der Waals surface area contributed by atoms with Gasteiger partial charge in [-0.3, -0.25) is 0 Å². The Balaban J connectivity index is 0.000000281. The third-order valence-corrected chi connectivity index (χ3v) is 1.32. The summed E-state index contributed by atoms with van der Waals surface area (Å²) in [4.78, 5) is 3.96. The zero-order valence-electron chi connectivity index (χ0n) is 6.86. The van der Waals surface area contributed by atoms with Gasteiger partial charge in [0.2, 0.25) is 0 Å². The molecular weight excluding hydrogens is 136 g/mol. The van der Waals surface area contributed by atoms with E-state index in [1.54, 1.807) is 6.33 Å². The van der Waals surface area contributed by atoms with Gasteiger partial charge in [0.1, 0.15) is 0 Å². The Bertz CT molecular complexity index is 282. The average molecular weight is 148 g/mol. The predicted molar refractivity (Wildman–Crippen MR) is 46.5 cm³/mol. The molecule has 0 aromatic carbocycles. The van der Waals surface area contributed by atoms with Crippen molar-refractivity contribution in [2.24, 2.45) is 0 Å². The Morgan fingerprint density at radius 3 is 2.82 bits per heavy atom. The van der Waals surface area contributed by atoms with Crippen molar-refractivity contribution in [2.75, 3.05) is 0 Å². The van der Waals surface area contributed by atoms with E-state index >= 15 is 0 Å². The van der Waals surface area contributed by atoms with Gasteiger partial charge in [-0.1, -0.05) is 19.9 Å². The molecule has 0 aliphatic rings. The Kier molecular flexibility index (Phi) is 2.66. The summed E-state index contributed by atoms with van der Waals surface area (Å²) in [5, 5.41) is 0. The molecule has 2 nitrogen and oxygen atoms in total. The van der Waals surface area contributed by atoms with E-state index in [-0.39, 0.29) is 0 Å². The number of aromatic nitrogens is 2. The fourth-order valence-corrected chi connectivity index (χ4v) is 0.865. The van der Waals surface area contributed by atoms with E-state index in [9.17, 15) is 0 Å². The molecule has 2 rings (SSSR count). The van der Waals surface area contributed by atoms with Crippen LogP contribution in [-0.4, -0.2) is 9.38 Å². The zero-order chi connectivity index (χ0) is 8.10. The number of pyridine rings is 1. The highest BCUT2D eigenvalue weighted by Gasteiger charge is 1.85. The lowest BCUT2D eigenvalue weighted by Gasteiger charge is -1.86. The smallest absolute Gasteiger partial charge is 0.0991 e. The second-order valence-electron chi connectivity index (χ2n) is 1.93. The molecule has 0 unspecified atom stereocenters. The third kappa shape index (κ3) is 1.58. The van der Waals surface area contributed by atoms with Crippen LogP contribution in [0.5, 0.6) is 0 Å². The average Bonchev–Trinajstić information content (AvgIpc) is 2.55. The molecule has 0 radical (unpaired) electrons. The number of nitrogens with zero attached hydrogens (tertiary/aromatic N) is 2. The highest BCUT2D eigenvalue weighted by atomic mass is 15.0. The third-order valence-electron chi connectivity index (χ3n) is 1.32. The molecular formula is C9H12N2. The lowest BCUT2D eigenvalue weighted by Crippen LogP contribution is -1.75. The maximum absolute atomic E-state index is 3.96. The Morgan fingerprint density at radius 2 is 2.09 bits per heavy atom. The first-order chi connectivity index (χ1) is 5.47. The van der Waals surface area contributed by atoms with Crippen LogP contribution < -0.4 is 0 Å². The fraction of sp³-hybridized carbons (Fsp3) is 0.222. The van der Waals surface area contributed by atoms with Crippen molar-refractivity contribution in [3.63, 3.8) is 0 Å². The largest absolute Gasteiger partial charge is 0.306 e. The van der Waals surface area contributed by atoms with Gasteiger partial charge < -0.3 is 4.40 Å². The molecule has 58 valence electrons. The van der Waals surface area contributed by atoms with Gasteiger partial charge in [0.15, 0.2) is 0 Å². The summed E-state index contributed by atoms with van der Waals surface area (Å²) in [6, 6.07) is 6.00. The summed E-state index contributed by atoms with van der Waals surface area (Å²) in [6.07, 6.45) is 5.59. The lowest BCUT2D eigenvalue weighted by atomic mass is 10.4. The normalized spacial score (nSPS) is 8.91. The molecule has 2 heterocycles. The van der Waals surface area contributed by atoms with Crippen molar-refractivity contribution in [1.82, 2.24) is 9.38 Å².